The smallest absolute Gasteiger partial charge is 0.162 e. The van der Waals surface area contributed by atoms with E-state index < -0.39 is 0 Å². The van der Waals surface area contributed by atoms with Gasteiger partial charge in [-0.15, -0.1) is 0 Å². The van der Waals surface area contributed by atoms with Crippen molar-refractivity contribution in [1.29, 1.82) is 0 Å². The molecule has 4 nitrogen and oxygen atoms in total. The average Bonchev–Trinajstić information content (AvgIpc) is 3.16. The summed E-state index contributed by atoms with van der Waals surface area (Å²) >= 11 is 0. The lowest BCUT2D eigenvalue weighted by atomic mass is 10.0. The number of nitrogens with zero attached hydrogens (tertiary/aromatic N) is 1. The van der Waals surface area contributed by atoms with Gasteiger partial charge >= 0.3 is 0 Å². The highest BCUT2D eigenvalue weighted by Crippen LogP contribution is 2.33. The molecule has 0 atom stereocenters. The molecular formula is C21H25NO3. The van der Waals surface area contributed by atoms with Crippen LogP contribution in [0.15, 0.2) is 53.7 Å². The first-order valence-corrected chi connectivity index (χ1v) is 8.90. The first-order chi connectivity index (χ1) is 12.3. The third-order valence-corrected chi connectivity index (χ3v) is 4.71. The number of ether oxygens (including phenoxy) is 2. The molecule has 132 valence electrons. The molecule has 2 aromatic rings. The number of hydrogen-bond donors (Lipinski definition) is 1. The molecule has 1 aliphatic carbocycles. The number of aryl methyl sites for hydroxylation is 1. The van der Waals surface area contributed by atoms with Crippen molar-refractivity contribution < 1.29 is 14.7 Å². The monoisotopic (exact) mass is 339 g/mol. The van der Waals surface area contributed by atoms with Crippen molar-refractivity contribution in [2.45, 2.75) is 44.6 Å². The van der Waals surface area contributed by atoms with E-state index in [1.807, 2.05) is 36.4 Å². The Balaban J connectivity index is 1.74. The molecule has 3 rings (SSSR count). The summed E-state index contributed by atoms with van der Waals surface area (Å²) in [6.07, 6.45) is 6.34. The minimum Gasteiger partial charge on any atom is -0.493 e. The van der Waals surface area contributed by atoms with Gasteiger partial charge in [-0.25, -0.2) is 0 Å². The van der Waals surface area contributed by atoms with Crippen LogP contribution in [0.1, 0.15) is 43.2 Å². The second-order valence-corrected chi connectivity index (χ2v) is 6.42. The third kappa shape index (κ3) is 4.53. The van der Waals surface area contributed by atoms with Crippen molar-refractivity contribution in [1.82, 2.24) is 0 Å². The van der Waals surface area contributed by atoms with E-state index in [1.165, 1.54) is 18.4 Å². The lowest BCUT2D eigenvalue weighted by Crippen LogP contribution is -2.12. The van der Waals surface area contributed by atoms with Crippen LogP contribution in [0.3, 0.4) is 0 Å². The molecule has 25 heavy (non-hydrogen) atoms. The van der Waals surface area contributed by atoms with Gasteiger partial charge in [0.1, 0.15) is 0 Å². The van der Waals surface area contributed by atoms with Gasteiger partial charge in [-0.2, -0.15) is 0 Å². The zero-order valence-corrected chi connectivity index (χ0v) is 14.6. The van der Waals surface area contributed by atoms with Crippen LogP contribution in [-0.2, 0) is 6.42 Å². The molecule has 2 aromatic carbocycles. The van der Waals surface area contributed by atoms with Crippen molar-refractivity contribution in [3.8, 4) is 11.5 Å². The molecule has 4 heteroatoms. The summed E-state index contributed by atoms with van der Waals surface area (Å²) < 4.78 is 11.6. The summed E-state index contributed by atoms with van der Waals surface area (Å²) in [6, 6.07) is 15.9. The Bertz CT molecular complexity index is 706. The van der Waals surface area contributed by atoms with E-state index in [1.54, 1.807) is 7.11 Å². The van der Waals surface area contributed by atoms with E-state index in [4.69, 9.17) is 9.47 Å². The maximum absolute atomic E-state index is 9.47. The Kier molecular flexibility index (Phi) is 5.94. The van der Waals surface area contributed by atoms with Crippen LogP contribution in [0.4, 0.5) is 0 Å². The predicted octanol–water partition coefficient (Wildman–Crippen LogP) is 4.83. The Morgan fingerprint density at radius 1 is 1.08 bits per heavy atom. The quantitative estimate of drug-likeness (QED) is 0.447. The zero-order valence-electron chi connectivity index (χ0n) is 14.6. The molecular weight excluding hydrogens is 314 g/mol. The number of oxime groups is 1. The van der Waals surface area contributed by atoms with Crippen LogP contribution in [0.5, 0.6) is 11.5 Å². The lowest BCUT2D eigenvalue weighted by Gasteiger charge is -2.17. The fourth-order valence-corrected chi connectivity index (χ4v) is 3.29. The highest BCUT2D eigenvalue weighted by Gasteiger charge is 2.19. The summed E-state index contributed by atoms with van der Waals surface area (Å²) in [5, 5.41) is 13.0. The molecule has 1 saturated carbocycles. The zero-order chi connectivity index (χ0) is 17.5. The first kappa shape index (κ1) is 17.3. The number of hydrogen-bond acceptors (Lipinski definition) is 4. The van der Waals surface area contributed by atoms with E-state index in [0.29, 0.717) is 12.1 Å². The summed E-state index contributed by atoms with van der Waals surface area (Å²) in [5.41, 5.74) is 2.74. The van der Waals surface area contributed by atoms with Gasteiger partial charge < -0.3 is 14.7 Å². The molecule has 0 saturated heterocycles. The maximum atomic E-state index is 9.47. The summed E-state index contributed by atoms with van der Waals surface area (Å²) in [5.74, 6) is 1.45. The van der Waals surface area contributed by atoms with Crippen molar-refractivity contribution in [2.75, 3.05) is 7.11 Å². The Morgan fingerprint density at radius 3 is 2.52 bits per heavy atom. The van der Waals surface area contributed by atoms with Crippen molar-refractivity contribution in [2.24, 2.45) is 5.16 Å². The third-order valence-electron chi connectivity index (χ3n) is 4.71. The van der Waals surface area contributed by atoms with Gasteiger partial charge in [0, 0.05) is 5.56 Å². The summed E-state index contributed by atoms with van der Waals surface area (Å²) in [6.45, 7) is 0. The van der Waals surface area contributed by atoms with Crippen LogP contribution < -0.4 is 9.47 Å². The minimum atomic E-state index is 0.253. The number of rotatable bonds is 7. The number of methoxy groups -OCH3 is 1. The van der Waals surface area contributed by atoms with Gasteiger partial charge in [0.2, 0.25) is 0 Å². The standard InChI is InChI=1S/C21H25NO3/c1-24-20-14-12-17(15-21(20)25-18-9-5-6-10-18)19(22-23)13-11-16-7-3-2-4-8-16/h2-4,7-8,12,14-15,18,23H,5-6,9-11,13H2,1H3/b22-19-. The second kappa shape index (κ2) is 8.56. The van der Waals surface area contributed by atoms with Crippen molar-refractivity contribution in [3.63, 3.8) is 0 Å². The molecule has 1 fully saturated rings. The highest BCUT2D eigenvalue weighted by molar-refractivity contribution is 6.00. The van der Waals surface area contributed by atoms with E-state index >= 15 is 0 Å². The van der Waals surface area contributed by atoms with Gasteiger partial charge in [-0.1, -0.05) is 35.5 Å². The van der Waals surface area contributed by atoms with Crippen molar-refractivity contribution >= 4 is 5.71 Å². The molecule has 0 spiro atoms. The molecule has 0 aliphatic heterocycles. The Labute approximate surface area is 149 Å². The molecule has 0 aromatic heterocycles. The SMILES string of the molecule is COc1ccc(/C(CCc2ccccc2)=N\O)cc1OC1CCCC1. The normalized spacial score (nSPS) is 15.3. The predicted molar refractivity (Wildman–Crippen MR) is 99.0 cm³/mol. The van der Waals surface area contributed by atoms with Crippen LogP contribution in [0.2, 0.25) is 0 Å². The fraction of sp³-hybridized carbons (Fsp3) is 0.381. The molecule has 0 radical (unpaired) electrons. The van der Waals surface area contributed by atoms with E-state index in [2.05, 4.69) is 17.3 Å². The van der Waals surface area contributed by atoms with E-state index in [0.717, 1.165) is 36.3 Å². The minimum absolute atomic E-state index is 0.253. The Morgan fingerprint density at radius 2 is 1.84 bits per heavy atom. The average molecular weight is 339 g/mol. The van der Waals surface area contributed by atoms with Crippen LogP contribution in [0, 0.1) is 0 Å². The van der Waals surface area contributed by atoms with Gasteiger partial charge in [-0.3, -0.25) is 0 Å². The second-order valence-electron chi connectivity index (χ2n) is 6.42. The van der Waals surface area contributed by atoms with Crippen LogP contribution in [0.25, 0.3) is 0 Å². The molecule has 1 N–H and O–H groups in total. The van der Waals surface area contributed by atoms with Gasteiger partial charge in [-0.05, 0) is 62.3 Å². The topological polar surface area (TPSA) is 51.0 Å². The first-order valence-electron chi connectivity index (χ1n) is 8.90. The van der Waals surface area contributed by atoms with Gasteiger partial charge in [0.25, 0.3) is 0 Å². The highest BCUT2D eigenvalue weighted by atomic mass is 16.5. The van der Waals surface area contributed by atoms with Gasteiger partial charge in [0.05, 0.1) is 18.9 Å². The molecule has 0 bridgehead atoms. The lowest BCUT2D eigenvalue weighted by molar-refractivity contribution is 0.201. The molecule has 1 aliphatic rings. The summed E-state index contributed by atoms with van der Waals surface area (Å²) in [4.78, 5) is 0. The fourth-order valence-electron chi connectivity index (χ4n) is 3.29. The molecule has 0 heterocycles. The van der Waals surface area contributed by atoms with E-state index in [9.17, 15) is 5.21 Å². The van der Waals surface area contributed by atoms with Crippen molar-refractivity contribution in [3.05, 3.63) is 59.7 Å². The Hall–Kier alpha value is -2.49. The largest absolute Gasteiger partial charge is 0.493 e. The van der Waals surface area contributed by atoms with Gasteiger partial charge in [0.15, 0.2) is 11.5 Å². The maximum Gasteiger partial charge on any atom is 0.162 e. The molecule has 0 unspecified atom stereocenters. The molecule has 0 amide bonds. The van der Waals surface area contributed by atoms with Crippen LogP contribution >= 0.6 is 0 Å². The summed E-state index contributed by atoms with van der Waals surface area (Å²) in [7, 11) is 1.65. The van der Waals surface area contributed by atoms with E-state index in [-0.39, 0.29) is 6.10 Å². The number of benzene rings is 2. The van der Waals surface area contributed by atoms with Crippen LogP contribution in [-0.4, -0.2) is 24.1 Å².